The van der Waals surface area contributed by atoms with Crippen LogP contribution in [0.15, 0.2) is 36.4 Å². The van der Waals surface area contributed by atoms with E-state index in [0.29, 0.717) is 12.1 Å². The molecule has 0 spiro atoms. The number of carbonyl (C=O) groups excluding carboxylic acids is 1. The summed E-state index contributed by atoms with van der Waals surface area (Å²) in [6.45, 7) is 5.88. The molecule has 0 aliphatic heterocycles. The van der Waals surface area contributed by atoms with E-state index in [2.05, 4.69) is 11.7 Å². The number of hydrogen-bond acceptors (Lipinski definition) is 2. The quantitative estimate of drug-likeness (QED) is 0.595. The molecule has 0 aliphatic rings. The first-order valence-corrected chi connectivity index (χ1v) is 5.75. The molecule has 0 N–H and O–H groups in total. The smallest absolute Gasteiger partial charge is 0.187 e. The highest BCUT2D eigenvalue weighted by Crippen LogP contribution is 2.20. The number of para-hydroxylation sites is 1. The van der Waals surface area contributed by atoms with E-state index in [4.69, 9.17) is 0 Å². The van der Waals surface area contributed by atoms with Crippen LogP contribution >= 0.6 is 0 Å². The number of aromatic nitrogens is 2. The van der Waals surface area contributed by atoms with E-state index in [1.165, 1.54) is 0 Å². The average molecular weight is 228 g/mol. The lowest BCUT2D eigenvalue weighted by atomic mass is 10.0. The van der Waals surface area contributed by atoms with Gasteiger partial charge in [-0.15, -0.1) is 0 Å². The third-order valence-electron chi connectivity index (χ3n) is 2.93. The number of aryl methyl sites for hydroxylation is 1. The lowest BCUT2D eigenvalue weighted by Crippen LogP contribution is -2.02. The predicted molar refractivity (Wildman–Crippen MR) is 69.1 cm³/mol. The molecule has 0 radical (unpaired) electrons. The fourth-order valence-corrected chi connectivity index (χ4v) is 1.86. The first-order valence-electron chi connectivity index (χ1n) is 5.75. The van der Waals surface area contributed by atoms with E-state index < -0.39 is 0 Å². The number of benzene rings is 1. The monoisotopic (exact) mass is 228 g/mol. The molecule has 17 heavy (non-hydrogen) atoms. The highest BCUT2D eigenvalue weighted by molar-refractivity contribution is 6.06. The molecule has 3 heteroatoms. The van der Waals surface area contributed by atoms with Crippen molar-refractivity contribution in [3.8, 4) is 0 Å². The minimum atomic E-state index is 0.0497. The second-order valence-corrected chi connectivity index (χ2v) is 4.19. The Bertz CT molecular complexity index is 581. The molecule has 2 aromatic rings. The summed E-state index contributed by atoms with van der Waals surface area (Å²) in [5, 5.41) is 5.22. The summed E-state index contributed by atoms with van der Waals surface area (Å²) in [6.07, 6.45) is 1.22. The number of nitrogens with zero attached hydrogens (tertiary/aromatic N) is 2. The molecule has 0 amide bonds. The number of hydrogen-bond donors (Lipinski definition) is 0. The highest BCUT2D eigenvalue weighted by Gasteiger charge is 2.15. The van der Waals surface area contributed by atoms with Crippen LogP contribution in [-0.4, -0.2) is 15.6 Å². The normalized spacial score (nSPS) is 10.7. The van der Waals surface area contributed by atoms with Gasteiger partial charge in [-0.2, -0.15) is 5.10 Å². The van der Waals surface area contributed by atoms with Crippen molar-refractivity contribution in [3.63, 3.8) is 0 Å². The van der Waals surface area contributed by atoms with E-state index in [-0.39, 0.29) is 5.78 Å². The highest BCUT2D eigenvalue weighted by atomic mass is 16.1. The van der Waals surface area contributed by atoms with Gasteiger partial charge in [0, 0.05) is 18.9 Å². The summed E-state index contributed by atoms with van der Waals surface area (Å²) >= 11 is 0. The molecule has 1 heterocycles. The molecule has 0 fully saturated rings. The van der Waals surface area contributed by atoms with Crippen LogP contribution in [-0.2, 0) is 7.05 Å². The van der Waals surface area contributed by atoms with Gasteiger partial charge < -0.3 is 0 Å². The summed E-state index contributed by atoms with van der Waals surface area (Å²) < 4.78 is 1.75. The number of allylic oxidation sites excluding steroid dienone is 1. The van der Waals surface area contributed by atoms with Crippen molar-refractivity contribution >= 4 is 16.7 Å². The summed E-state index contributed by atoms with van der Waals surface area (Å²) in [4.78, 5) is 12.1. The Morgan fingerprint density at radius 3 is 2.82 bits per heavy atom. The summed E-state index contributed by atoms with van der Waals surface area (Å²) in [5.74, 6) is 0.0497. The first-order chi connectivity index (χ1) is 8.13. The zero-order chi connectivity index (χ0) is 12.4. The van der Waals surface area contributed by atoms with Crippen LogP contribution in [0.5, 0.6) is 0 Å². The van der Waals surface area contributed by atoms with Gasteiger partial charge in [0.1, 0.15) is 5.69 Å². The van der Waals surface area contributed by atoms with Crippen LogP contribution in [0.25, 0.3) is 10.9 Å². The van der Waals surface area contributed by atoms with Gasteiger partial charge in [0.2, 0.25) is 0 Å². The first kappa shape index (κ1) is 11.6. The Morgan fingerprint density at radius 1 is 1.41 bits per heavy atom. The van der Waals surface area contributed by atoms with Gasteiger partial charge in [0.15, 0.2) is 5.78 Å². The molecule has 88 valence electrons. The zero-order valence-electron chi connectivity index (χ0n) is 10.2. The van der Waals surface area contributed by atoms with E-state index in [1.807, 2.05) is 38.2 Å². The maximum absolute atomic E-state index is 12.1. The van der Waals surface area contributed by atoms with E-state index in [9.17, 15) is 4.79 Å². The average Bonchev–Trinajstić information content (AvgIpc) is 2.67. The van der Waals surface area contributed by atoms with E-state index in [0.717, 1.165) is 22.9 Å². The Hall–Kier alpha value is -1.90. The SMILES string of the molecule is C=C(CC)CC(=O)c1nn(C)c2ccccc12. The number of rotatable bonds is 4. The van der Waals surface area contributed by atoms with E-state index in [1.54, 1.807) is 4.68 Å². The topological polar surface area (TPSA) is 34.9 Å². The van der Waals surface area contributed by atoms with Crippen molar-refractivity contribution in [1.82, 2.24) is 9.78 Å². The number of ketones is 1. The number of carbonyl (C=O) groups is 1. The van der Waals surface area contributed by atoms with Crippen LogP contribution in [0.1, 0.15) is 30.3 Å². The molecule has 2 rings (SSSR count). The lowest BCUT2D eigenvalue weighted by Gasteiger charge is -1.99. The van der Waals surface area contributed by atoms with Crippen molar-refractivity contribution in [2.75, 3.05) is 0 Å². The molecule has 0 aliphatic carbocycles. The summed E-state index contributed by atoms with van der Waals surface area (Å²) in [5.41, 5.74) is 2.49. The van der Waals surface area contributed by atoms with Gasteiger partial charge >= 0.3 is 0 Å². The van der Waals surface area contributed by atoms with Crippen molar-refractivity contribution < 1.29 is 4.79 Å². The molecule has 0 unspecified atom stereocenters. The Kier molecular flexibility index (Phi) is 3.09. The Labute approximate surface area is 101 Å². The van der Waals surface area contributed by atoms with Crippen LogP contribution in [0.2, 0.25) is 0 Å². The summed E-state index contributed by atoms with van der Waals surface area (Å²) in [6, 6.07) is 7.77. The van der Waals surface area contributed by atoms with Crippen LogP contribution in [0.3, 0.4) is 0 Å². The molecule has 1 aromatic heterocycles. The molecule has 0 atom stereocenters. The minimum absolute atomic E-state index is 0.0497. The van der Waals surface area contributed by atoms with Gasteiger partial charge in [0.05, 0.1) is 5.52 Å². The molecule has 0 saturated carbocycles. The van der Waals surface area contributed by atoms with Crippen LogP contribution < -0.4 is 0 Å². The maximum atomic E-state index is 12.1. The second-order valence-electron chi connectivity index (χ2n) is 4.19. The summed E-state index contributed by atoms with van der Waals surface area (Å²) in [7, 11) is 1.85. The third-order valence-corrected chi connectivity index (χ3v) is 2.93. The van der Waals surface area contributed by atoms with Crippen molar-refractivity contribution in [2.24, 2.45) is 7.05 Å². The van der Waals surface area contributed by atoms with Crippen molar-refractivity contribution in [3.05, 3.63) is 42.1 Å². The van der Waals surface area contributed by atoms with Gasteiger partial charge in [0.25, 0.3) is 0 Å². The fraction of sp³-hybridized carbons (Fsp3) is 0.286. The van der Waals surface area contributed by atoms with Gasteiger partial charge in [-0.1, -0.05) is 37.3 Å². The molecule has 0 bridgehead atoms. The standard InChI is InChI=1S/C14H16N2O/c1-4-10(2)9-13(17)14-11-7-5-6-8-12(11)16(3)15-14/h5-8H,2,4,9H2,1,3H3. The molecule has 3 nitrogen and oxygen atoms in total. The van der Waals surface area contributed by atoms with Gasteiger partial charge in [-0.3, -0.25) is 9.48 Å². The van der Waals surface area contributed by atoms with E-state index >= 15 is 0 Å². The maximum Gasteiger partial charge on any atom is 0.187 e. The largest absolute Gasteiger partial charge is 0.292 e. The molecular weight excluding hydrogens is 212 g/mol. The van der Waals surface area contributed by atoms with Crippen LogP contribution in [0, 0.1) is 0 Å². The zero-order valence-corrected chi connectivity index (χ0v) is 10.2. The molecule has 0 saturated heterocycles. The van der Waals surface area contributed by atoms with Crippen LogP contribution in [0.4, 0.5) is 0 Å². The van der Waals surface area contributed by atoms with Gasteiger partial charge in [-0.05, 0) is 12.5 Å². The Balaban J connectivity index is 2.42. The van der Waals surface area contributed by atoms with Crippen molar-refractivity contribution in [1.29, 1.82) is 0 Å². The number of fused-ring (bicyclic) bond motifs is 1. The number of Topliss-reactive ketones (excluding diaryl/α,β-unsaturated/α-hetero) is 1. The third kappa shape index (κ3) is 2.13. The second kappa shape index (κ2) is 4.53. The predicted octanol–water partition coefficient (Wildman–Crippen LogP) is 3.11. The molecule has 1 aromatic carbocycles. The molecular formula is C14H16N2O. The van der Waals surface area contributed by atoms with Gasteiger partial charge in [-0.25, -0.2) is 0 Å². The fourth-order valence-electron chi connectivity index (χ4n) is 1.86. The minimum Gasteiger partial charge on any atom is -0.292 e. The Morgan fingerprint density at radius 2 is 2.12 bits per heavy atom. The lowest BCUT2D eigenvalue weighted by molar-refractivity contribution is 0.0988. The van der Waals surface area contributed by atoms with Crippen molar-refractivity contribution in [2.45, 2.75) is 19.8 Å².